The third-order valence-corrected chi connectivity index (χ3v) is 1.63. The third kappa shape index (κ3) is 6.01. The van der Waals surface area contributed by atoms with Crippen LogP contribution in [0.15, 0.2) is 0 Å². The third-order valence-electron chi connectivity index (χ3n) is 1.63. The molecule has 0 aliphatic heterocycles. The summed E-state index contributed by atoms with van der Waals surface area (Å²) in [6.45, 7) is 8.56. The zero-order chi connectivity index (χ0) is 9.56. The van der Waals surface area contributed by atoms with Crippen molar-refractivity contribution in [2.24, 2.45) is 5.92 Å². The van der Waals surface area contributed by atoms with Crippen LogP contribution in [0.1, 0.15) is 34.1 Å². The van der Waals surface area contributed by atoms with Crippen LogP contribution in [0.5, 0.6) is 0 Å². The Bertz CT molecular complexity index is 134. The van der Waals surface area contributed by atoms with Gasteiger partial charge in [-0.05, 0) is 19.8 Å². The molecule has 3 heteroatoms. The lowest BCUT2D eigenvalue weighted by atomic mass is 10.1. The van der Waals surface area contributed by atoms with Crippen molar-refractivity contribution < 1.29 is 9.53 Å². The second-order valence-electron chi connectivity index (χ2n) is 3.35. The Morgan fingerprint density at radius 2 is 2.00 bits per heavy atom. The monoisotopic (exact) mass is 173 g/mol. The summed E-state index contributed by atoms with van der Waals surface area (Å²) in [5.74, 6) is 0.518. The molecule has 0 bridgehead atoms. The summed E-state index contributed by atoms with van der Waals surface area (Å²) in [6.07, 6.45) is 0.717. The summed E-state index contributed by atoms with van der Waals surface area (Å²) in [7, 11) is 0. The first kappa shape index (κ1) is 11.3. The minimum absolute atomic E-state index is 0.0399. The highest BCUT2D eigenvalue weighted by Gasteiger charge is 2.05. The molecule has 0 aromatic carbocycles. The summed E-state index contributed by atoms with van der Waals surface area (Å²) in [5, 5.41) is 2.70. The first-order valence-electron chi connectivity index (χ1n) is 4.50. The van der Waals surface area contributed by atoms with Gasteiger partial charge in [0.15, 0.2) is 0 Å². The van der Waals surface area contributed by atoms with Gasteiger partial charge < -0.3 is 10.1 Å². The van der Waals surface area contributed by atoms with E-state index in [1.807, 2.05) is 13.8 Å². The number of amides is 1. The Morgan fingerprint density at radius 1 is 1.42 bits per heavy atom. The number of carbonyl (C=O) groups is 1. The van der Waals surface area contributed by atoms with Crippen molar-refractivity contribution in [3.05, 3.63) is 0 Å². The minimum Gasteiger partial charge on any atom is -0.447 e. The van der Waals surface area contributed by atoms with Crippen LogP contribution in [0.3, 0.4) is 0 Å². The van der Waals surface area contributed by atoms with Gasteiger partial charge in [0.25, 0.3) is 0 Å². The first-order valence-corrected chi connectivity index (χ1v) is 4.50. The molecular formula is C9H19NO2. The van der Waals surface area contributed by atoms with Gasteiger partial charge in [0.2, 0.25) is 0 Å². The topological polar surface area (TPSA) is 38.3 Å². The van der Waals surface area contributed by atoms with Crippen LogP contribution >= 0.6 is 0 Å². The van der Waals surface area contributed by atoms with Crippen molar-refractivity contribution in [3.8, 4) is 0 Å². The molecule has 0 saturated heterocycles. The fourth-order valence-electron chi connectivity index (χ4n) is 0.658. The molecule has 1 N–H and O–H groups in total. The average Bonchev–Trinajstić information content (AvgIpc) is 1.99. The van der Waals surface area contributed by atoms with Gasteiger partial charge in [-0.1, -0.05) is 20.3 Å². The van der Waals surface area contributed by atoms with Gasteiger partial charge in [0.1, 0.15) is 0 Å². The molecule has 0 radical (unpaired) electrons. The Balaban J connectivity index is 3.44. The standard InChI is InChI=1S/C9H19NO2/c1-5-8(4)6-10-9(11)12-7(2)3/h7-8H,5-6H2,1-4H3,(H,10,11). The van der Waals surface area contributed by atoms with Gasteiger partial charge in [-0.15, -0.1) is 0 Å². The fraction of sp³-hybridized carbons (Fsp3) is 0.889. The fourth-order valence-corrected chi connectivity index (χ4v) is 0.658. The van der Waals surface area contributed by atoms with E-state index >= 15 is 0 Å². The highest BCUT2D eigenvalue weighted by Crippen LogP contribution is 1.97. The van der Waals surface area contributed by atoms with E-state index in [4.69, 9.17) is 4.74 Å². The van der Waals surface area contributed by atoms with Crippen LogP contribution in [-0.4, -0.2) is 18.7 Å². The van der Waals surface area contributed by atoms with Crippen molar-refractivity contribution >= 4 is 6.09 Å². The predicted molar refractivity (Wildman–Crippen MR) is 49.1 cm³/mol. The van der Waals surface area contributed by atoms with Crippen molar-refractivity contribution in [1.82, 2.24) is 5.32 Å². The predicted octanol–water partition coefficient (Wildman–Crippen LogP) is 2.17. The molecule has 0 saturated carbocycles. The highest BCUT2D eigenvalue weighted by molar-refractivity contribution is 5.67. The zero-order valence-corrected chi connectivity index (χ0v) is 8.39. The van der Waals surface area contributed by atoms with Gasteiger partial charge in [-0.2, -0.15) is 0 Å². The Hall–Kier alpha value is -0.730. The molecule has 1 unspecified atom stereocenters. The minimum atomic E-state index is -0.315. The lowest BCUT2D eigenvalue weighted by Crippen LogP contribution is -2.30. The summed E-state index contributed by atoms with van der Waals surface area (Å²) < 4.78 is 4.90. The summed E-state index contributed by atoms with van der Waals surface area (Å²) in [6, 6.07) is 0. The van der Waals surface area contributed by atoms with E-state index < -0.39 is 0 Å². The normalized spacial score (nSPS) is 12.8. The van der Waals surface area contributed by atoms with E-state index in [0.717, 1.165) is 6.42 Å². The molecule has 0 aliphatic rings. The molecule has 0 aliphatic carbocycles. The molecule has 0 aromatic rings. The molecule has 72 valence electrons. The molecule has 12 heavy (non-hydrogen) atoms. The molecular weight excluding hydrogens is 154 g/mol. The molecule has 0 rings (SSSR count). The van der Waals surface area contributed by atoms with Gasteiger partial charge in [0, 0.05) is 6.54 Å². The van der Waals surface area contributed by atoms with Gasteiger partial charge >= 0.3 is 6.09 Å². The van der Waals surface area contributed by atoms with Crippen LogP contribution in [0.2, 0.25) is 0 Å². The highest BCUT2D eigenvalue weighted by atomic mass is 16.6. The van der Waals surface area contributed by atoms with Gasteiger partial charge in [-0.3, -0.25) is 0 Å². The quantitative estimate of drug-likeness (QED) is 0.707. The van der Waals surface area contributed by atoms with E-state index in [2.05, 4.69) is 19.2 Å². The van der Waals surface area contributed by atoms with Crippen molar-refractivity contribution in [1.29, 1.82) is 0 Å². The summed E-state index contributed by atoms with van der Waals surface area (Å²) in [4.78, 5) is 10.9. The number of hydrogen-bond donors (Lipinski definition) is 1. The molecule has 3 nitrogen and oxygen atoms in total. The van der Waals surface area contributed by atoms with Gasteiger partial charge in [0.05, 0.1) is 6.10 Å². The lowest BCUT2D eigenvalue weighted by Gasteiger charge is -2.12. The lowest BCUT2D eigenvalue weighted by molar-refractivity contribution is 0.114. The second kappa shape index (κ2) is 5.86. The SMILES string of the molecule is CCC(C)CNC(=O)OC(C)C. The maximum atomic E-state index is 10.9. The molecule has 0 spiro atoms. The van der Waals surface area contributed by atoms with Crippen molar-refractivity contribution in [3.63, 3.8) is 0 Å². The van der Waals surface area contributed by atoms with Crippen LogP contribution in [0, 0.1) is 5.92 Å². The van der Waals surface area contributed by atoms with E-state index in [9.17, 15) is 4.79 Å². The van der Waals surface area contributed by atoms with Gasteiger partial charge in [-0.25, -0.2) is 4.79 Å². The smallest absolute Gasteiger partial charge is 0.407 e. The Kier molecular flexibility index (Phi) is 5.51. The number of nitrogens with one attached hydrogen (secondary N) is 1. The van der Waals surface area contributed by atoms with E-state index in [-0.39, 0.29) is 12.2 Å². The molecule has 0 heterocycles. The number of ether oxygens (including phenoxy) is 1. The number of hydrogen-bond acceptors (Lipinski definition) is 2. The Labute approximate surface area is 74.5 Å². The van der Waals surface area contributed by atoms with E-state index in [1.54, 1.807) is 0 Å². The van der Waals surface area contributed by atoms with Crippen LogP contribution in [-0.2, 0) is 4.74 Å². The first-order chi connectivity index (χ1) is 5.56. The maximum absolute atomic E-state index is 10.9. The molecule has 1 atom stereocenters. The number of rotatable bonds is 4. The van der Waals surface area contributed by atoms with Crippen LogP contribution in [0.25, 0.3) is 0 Å². The zero-order valence-electron chi connectivity index (χ0n) is 8.39. The van der Waals surface area contributed by atoms with E-state index in [0.29, 0.717) is 12.5 Å². The second-order valence-corrected chi connectivity index (χ2v) is 3.35. The molecule has 0 fully saturated rings. The number of carbonyl (C=O) groups excluding carboxylic acids is 1. The van der Waals surface area contributed by atoms with Crippen LogP contribution in [0.4, 0.5) is 4.79 Å². The number of alkyl carbamates (subject to hydrolysis) is 1. The molecule has 0 aromatic heterocycles. The Morgan fingerprint density at radius 3 is 2.42 bits per heavy atom. The summed E-state index contributed by atoms with van der Waals surface area (Å²) in [5.41, 5.74) is 0. The summed E-state index contributed by atoms with van der Waals surface area (Å²) >= 11 is 0. The van der Waals surface area contributed by atoms with Crippen LogP contribution < -0.4 is 5.32 Å². The molecule has 1 amide bonds. The van der Waals surface area contributed by atoms with Crippen molar-refractivity contribution in [2.75, 3.05) is 6.54 Å². The van der Waals surface area contributed by atoms with Crippen molar-refractivity contribution in [2.45, 2.75) is 40.2 Å². The van der Waals surface area contributed by atoms with E-state index in [1.165, 1.54) is 0 Å². The maximum Gasteiger partial charge on any atom is 0.407 e. The average molecular weight is 173 g/mol. The largest absolute Gasteiger partial charge is 0.447 e.